The highest BCUT2D eigenvalue weighted by atomic mass is 35.5. The van der Waals surface area contributed by atoms with E-state index in [1.165, 1.54) is 0 Å². The number of aliphatic hydroxyl groups is 2. The molecule has 2 heterocycles. The van der Waals surface area contributed by atoms with Crippen LogP contribution in [0.25, 0.3) is 22.8 Å². The van der Waals surface area contributed by atoms with Crippen LogP contribution in [0.5, 0.6) is 5.75 Å². The molecule has 3 rings (SSSR count). The van der Waals surface area contributed by atoms with Crippen LogP contribution in [-0.4, -0.2) is 63.1 Å². The van der Waals surface area contributed by atoms with E-state index >= 15 is 0 Å². The van der Waals surface area contributed by atoms with Gasteiger partial charge in [-0.25, -0.2) is 4.98 Å². The van der Waals surface area contributed by atoms with Crippen molar-refractivity contribution in [1.29, 1.82) is 0 Å². The fourth-order valence-electron chi connectivity index (χ4n) is 3.34. The maximum absolute atomic E-state index is 10.9. The quantitative estimate of drug-likeness (QED) is 0.379. The number of aliphatic hydroxyl groups excluding tert-OH is 2. The number of carbonyl (C=O) groups is 1. The van der Waals surface area contributed by atoms with E-state index in [4.69, 9.17) is 26.6 Å². The summed E-state index contributed by atoms with van der Waals surface area (Å²) in [6.07, 6.45) is -2.79. The van der Waals surface area contributed by atoms with Crippen LogP contribution in [0.1, 0.15) is 31.5 Å². The molecule has 0 saturated heterocycles. The lowest BCUT2D eigenvalue weighted by atomic mass is 10.1. The summed E-state index contributed by atoms with van der Waals surface area (Å²) in [7, 11) is 1.97. The molecule has 1 amide bonds. The van der Waals surface area contributed by atoms with Crippen LogP contribution in [0, 0.1) is 13.8 Å². The summed E-state index contributed by atoms with van der Waals surface area (Å²) in [5.74, 6) is 0.967. The number of hydrogen-bond donors (Lipinski definition) is 3. The van der Waals surface area contributed by atoms with Gasteiger partial charge in [-0.1, -0.05) is 16.8 Å². The zero-order valence-corrected chi connectivity index (χ0v) is 21.1. The van der Waals surface area contributed by atoms with Crippen molar-refractivity contribution in [3.05, 3.63) is 40.5 Å². The van der Waals surface area contributed by atoms with Crippen LogP contribution in [-0.2, 0) is 4.79 Å². The molecule has 0 aliphatic carbocycles. The van der Waals surface area contributed by atoms with Gasteiger partial charge < -0.3 is 30.1 Å². The van der Waals surface area contributed by atoms with Crippen LogP contribution in [0.4, 0.5) is 5.82 Å². The summed E-state index contributed by atoms with van der Waals surface area (Å²) < 4.78 is 11.1. The molecular formula is C24H30ClN5O5. The second-order valence-corrected chi connectivity index (χ2v) is 9.11. The predicted molar refractivity (Wildman–Crippen MR) is 132 cm³/mol. The molecule has 3 aromatic rings. The van der Waals surface area contributed by atoms with Crippen molar-refractivity contribution in [2.45, 2.75) is 52.4 Å². The van der Waals surface area contributed by atoms with Crippen LogP contribution >= 0.6 is 11.6 Å². The molecule has 4 N–H and O–H groups in total. The monoisotopic (exact) mass is 503 g/mol. The third-order valence-corrected chi connectivity index (χ3v) is 5.76. The molecule has 188 valence electrons. The molecule has 2 atom stereocenters. The second-order valence-electron chi connectivity index (χ2n) is 8.71. The number of primary amides is 1. The normalized spacial score (nSPS) is 13.1. The highest BCUT2D eigenvalue weighted by Gasteiger charge is 2.20. The highest BCUT2D eigenvalue weighted by molar-refractivity contribution is 6.32. The second kappa shape index (κ2) is 11.0. The minimum Gasteiger partial charge on any atom is -0.489 e. The minimum absolute atomic E-state index is 0.175. The van der Waals surface area contributed by atoms with E-state index in [0.29, 0.717) is 28.6 Å². The molecule has 10 nitrogen and oxygen atoms in total. The molecule has 0 radical (unpaired) electrons. The Morgan fingerprint density at radius 1 is 1.17 bits per heavy atom. The van der Waals surface area contributed by atoms with Crippen molar-refractivity contribution >= 4 is 23.3 Å². The molecule has 11 heteroatoms. The maximum atomic E-state index is 10.9. The summed E-state index contributed by atoms with van der Waals surface area (Å²) in [6, 6.07) is 7.48. The van der Waals surface area contributed by atoms with E-state index < -0.39 is 18.1 Å². The van der Waals surface area contributed by atoms with Crippen LogP contribution in [0.2, 0.25) is 5.02 Å². The van der Waals surface area contributed by atoms with E-state index in [9.17, 15) is 15.0 Å². The molecule has 1 aromatic carbocycles. The fourth-order valence-corrected chi connectivity index (χ4v) is 3.66. The number of ether oxygens (including phenoxy) is 1. The smallest absolute Gasteiger partial charge is 0.258 e. The summed E-state index contributed by atoms with van der Waals surface area (Å²) in [4.78, 5) is 22.1. The molecule has 0 aliphatic rings. The summed E-state index contributed by atoms with van der Waals surface area (Å²) >= 11 is 6.42. The lowest BCUT2D eigenvalue weighted by Crippen LogP contribution is -2.33. The molecule has 2 aromatic heterocycles. The predicted octanol–water partition coefficient (Wildman–Crippen LogP) is 2.89. The van der Waals surface area contributed by atoms with E-state index in [-0.39, 0.29) is 24.1 Å². The summed E-state index contributed by atoms with van der Waals surface area (Å²) in [6.45, 7) is 7.69. The lowest BCUT2D eigenvalue weighted by molar-refractivity contribution is -0.127. The molecule has 0 saturated carbocycles. The van der Waals surface area contributed by atoms with Crippen molar-refractivity contribution in [3.63, 3.8) is 0 Å². The highest BCUT2D eigenvalue weighted by Crippen LogP contribution is 2.34. The largest absolute Gasteiger partial charge is 0.489 e. The number of carbonyl (C=O) groups excluding carboxylic acids is 1. The molecule has 1 unspecified atom stereocenters. The number of nitrogens with zero attached hydrogens (tertiary/aromatic N) is 4. The van der Waals surface area contributed by atoms with Crippen molar-refractivity contribution in [2.24, 2.45) is 5.73 Å². The van der Waals surface area contributed by atoms with E-state index in [1.807, 2.05) is 26.1 Å². The average Bonchev–Trinajstić information content (AvgIpc) is 3.27. The first kappa shape index (κ1) is 26.4. The number of pyridine rings is 1. The van der Waals surface area contributed by atoms with E-state index in [0.717, 1.165) is 17.1 Å². The van der Waals surface area contributed by atoms with Gasteiger partial charge in [0.25, 0.3) is 5.89 Å². The Morgan fingerprint density at radius 3 is 2.51 bits per heavy atom. The topological polar surface area (TPSA) is 148 Å². The van der Waals surface area contributed by atoms with Gasteiger partial charge >= 0.3 is 0 Å². The molecule has 0 spiro atoms. The Morgan fingerprint density at radius 2 is 1.89 bits per heavy atom. The number of aryl methyl sites for hydroxylation is 2. The van der Waals surface area contributed by atoms with Crippen LogP contribution in [0.3, 0.4) is 0 Å². The Hall–Kier alpha value is -3.21. The zero-order chi connectivity index (χ0) is 25.9. The minimum atomic E-state index is -1.45. The van der Waals surface area contributed by atoms with Gasteiger partial charge in [0.2, 0.25) is 11.7 Å². The SMILES string of the molecule is Cc1cc(-c2nc(-c3cc(C)c(OC[C@H](O)CC(O)C(N)=O)c(Cl)c3)no2)cc(N(C)C(C)C)n1. The number of hydrogen-bond acceptors (Lipinski definition) is 9. The first-order chi connectivity index (χ1) is 16.5. The van der Waals surface area contributed by atoms with Gasteiger partial charge in [0, 0.05) is 36.3 Å². The first-order valence-corrected chi connectivity index (χ1v) is 11.5. The third kappa shape index (κ3) is 6.47. The maximum Gasteiger partial charge on any atom is 0.258 e. The summed E-state index contributed by atoms with van der Waals surface area (Å²) in [5, 5.41) is 23.9. The van der Waals surface area contributed by atoms with Crippen LogP contribution < -0.4 is 15.4 Å². The number of amides is 1. The van der Waals surface area contributed by atoms with Crippen LogP contribution in [0.15, 0.2) is 28.8 Å². The van der Waals surface area contributed by atoms with Gasteiger partial charge in [-0.05, 0) is 57.5 Å². The van der Waals surface area contributed by atoms with Gasteiger partial charge in [-0.3, -0.25) is 4.79 Å². The standard InChI is InChI=1S/C24H30ClN5O5/c1-12(2)30(5)20-9-16(7-14(4)27-20)24-28-23(29-35-24)15-6-13(3)21(18(25)8-15)34-11-17(31)10-19(32)22(26)33/h6-9,12,17,19,31-32H,10-11H2,1-5H3,(H2,26,33)/t17-,19?/m1/s1. The van der Waals surface area contributed by atoms with Crippen molar-refractivity contribution in [1.82, 2.24) is 15.1 Å². The molecule has 0 aliphatic heterocycles. The molecule has 0 bridgehead atoms. The molecular weight excluding hydrogens is 474 g/mol. The first-order valence-electron chi connectivity index (χ1n) is 11.1. The number of benzene rings is 1. The van der Waals surface area contributed by atoms with Gasteiger partial charge in [0.15, 0.2) is 0 Å². The van der Waals surface area contributed by atoms with Crippen molar-refractivity contribution in [2.75, 3.05) is 18.6 Å². The Balaban J connectivity index is 1.79. The fraction of sp³-hybridized carbons (Fsp3) is 0.417. The Bertz CT molecular complexity index is 1180. The Labute approximate surface area is 208 Å². The third-order valence-electron chi connectivity index (χ3n) is 5.48. The number of rotatable bonds is 10. The van der Waals surface area contributed by atoms with Crippen molar-refractivity contribution < 1.29 is 24.3 Å². The molecule has 35 heavy (non-hydrogen) atoms. The number of halogens is 1. The Kier molecular flexibility index (Phi) is 8.31. The average molecular weight is 504 g/mol. The number of anilines is 1. The lowest BCUT2D eigenvalue weighted by Gasteiger charge is -2.23. The van der Waals surface area contributed by atoms with Gasteiger partial charge in [0.05, 0.1) is 11.1 Å². The van der Waals surface area contributed by atoms with Gasteiger partial charge in [-0.2, -0.15) is 4.98 Å². The van der Waals surface area contributed by atoms with Gasteiger partial charge in [0.1, 0.15) is 24.3 Å². The van der Waals surface area contributed by atoms with E-state index in [2.05, 4.69) is 33.9 Å². The van der Waals surface area contributed by atoms with E-state index in [1.54, 1.807) is 19.1 Å². The number of aromatic nitrogens is 3. The molecule has 0 fully saturated rings. The number of nitrogens with two attached hydrogens (primary N) is 1. The van der Waals surface area contributed by atoms with Gasteiger partial charge in [-0.15, -0.1) is 0 Å². The van der Waals surface area contributed by atoms with Crippen molar-refractivity contribution in [3.8, 4) is 28.6 Å². The summed E-state index contributed by atoms with van der Waals surface area (Å²) in [5.41, 5.74) is 7.90. The zero-order valence-electron chi connectivity index (χ0n) is 20.3.